The van der Waals surface area contributed by atoms with Gasteiger partial charge in [0.05, 0.1) is 5.56 Å². The van der Waals surface area contributed by atoms with E-state index in [-0.39, 0.29) is 0 Å². The van der Waals surface area contributed by atoms with E-state index in [2.05, 4.69) is 4.98 Å². The molecule has 3 heteroatoms. The number of carboxylic acids is 1. The van der Waals surface area contributed by atoms with Crippen LogP contribution in [0.1, 0.15) is 48.2 Å². The molecule has 0 amide bonds. The molecule has 1 aromatic rings. The monoisotopic (exact) mass is 271 g/mol. The van der Waals surface area contributed by atoms with Crippen LogP contribution in [0.3, 0.4) is 0 Å². The number of carbonyl (C=O) groups is 1. The molecule has 4 aliphatic carbocycles. The molecule has 4 fully saturated rings. The summed E-state index contributed by atoms with van der Waals surface area (Å²) in [6.45, 7) is 0. The van der Waals surface area contributed by atoms with Crippen LogP contribution >= 0.6 is 0 Å². The van der Waals surface area contributed by atoms with E-state index in [1.54, 1.807) is 18.3 Å². The Morgan fingerprint density at radius 3 is 2.40 bits per heavy atom. The van der Waals surface area contributed by atoms with Crippen LogP contribution in [0.4, 0.5) is 0 Å². The molecule has 0 spiro atoms. The van der Waals surface area contributed by atoms with Crippen LogP contribution in [-0.2, 0) is 6.42 Å². The van der Waals surface area contributed by atoms with Crippen molar-refractivity contribution in [3.63, 3.8) is 0 Å². The third kappa shape index (κ3) is 2.04. The Kier molecular flexibility index (Phi) is 2.83. The molecule has 1 aromatic heterocycles. The number of hydrogen-bond donors (Lipinski definition) is 1. The molecule has 1 N–H and O–H groups in total. The minimum atomic E-state index is -0.848. The Labute approximate surface area is 119 Å². The van der Waals surface area contributed by atoms with Crippen molar-refractivity contribution in [2.45, 2.75) is 38.5 Å². The summed E-state index contributed by atoms with van der Waals surface area (Å²) in [4.78, 5) is 15.5. The van der Waals surface area contributed by atoms with Gasteiger partial charge in [-0.2, -0.15) is 0 Å². The van der Waals surface area contributed by atoms with Gasteiger partial charge in [0, 0.05) is 11.9 Å². The lowest BCUT2D eigenvalue weighted by molar-refractivity contribution is -0.0363. The first-order valence-corrected chi connectivity index (χ1v) is 7.87. The molecule has 0 atom stereocenters. The van der Waals surface area contributed by atoms with Crippen molar-refractivity contribution in [1.29, 1.82) is 0 Å². The van der Waals surface area contributed by atoms with Gasteiger partial charge in [0.15, 0.2) is 0 Å². The summed E-state index contributed by atoms with van der Waals surface area (Å²) in [6, 6.07) is 3.36. The van der Waals surface area contributed by atoms with Crippen LogP contribution in [-0.4, -0.2) is 16.1 Å². The Balaban J connectivity index is 1.54. The lowest BCUT2D eigenvalue weighted by Gasteiger charge is -2.54. The summed E-state index contributed by atoms with van der Waals surface area (Å²) >= 11 is 0. The summed E-state index contributed by atoms with van der Waals surface area (Å²) in [5.41, 5.74) is 1.35. The number of pyridine rings is 1. The molecule has 4 aliphatic rings. The van der Waals surface area contributed by atoms with Crippen LogP contribution in [0.2, 0.25) is 0 Å². The molecule has 5 rings (SSSR count). The quantitative estimate of drug-likeness (QED) is 0.916. The Bertz CT molecular complexity index is 512. The molecule has 4 bridgehead atoms. The Hall–Kier alpha value is -1.38. The molecule has 106 valence electrons. The average molecular weight is 271 g/mol. The average Bonchev–Trinajstić information content (AvgIpc) is 2.42. The van der Waals surface area contributed by atoms with Crippen LogP contribution in [0.15, 0.2) is 18.3 Å². The van der Waals surface area contributed by atoms with Crippen LogP contribution in [0, 0.1) is 29.6 Å². The van der Waals surface area contributed by atoms with E-state index in [1.807, 2.05) is 0 Å². The summed E-state index contributed by atoms with van der Waals surface area (Å²) in [5, 5.41) is 9.09. The van der Waals surface area contributed by atoms with Gasteiger partial charge < -0.3 is 5.11 Å². The summed E-state index contributed by atoms with van der Waals surface area (Å²) in [7, 11) is 0. The van der Waals surface area contributed by atoms with Gasteiger partial charge in [0.1, 0.15) is 0 Å². The Morgan fingerprint density at radius 1 is 1.15 bits per heavy atom. The highest BCUT2D eigenvalue weighted by Gasteiger charge is 2.47. The molecule has 3 nitrogen and oxygen atoms in total. The number of nitrogens with zero attached hydrogens (tertiary/aromatic N) is 1. The topological polar surface area (TPSA) is 50.2 Å². The van der Waals surface area contributed by atoms with Gasteiger partial charge in [-0.25, -0.2) is 4.79 Å². The van der Waals surface area contributed by atoms with E-state index in [1.165, 1.54) is 32.1 Å². The highest BCUT2D eigenvalue weighted by molar-refractivity contribution is 5.87. The highest BCUT2D eigenvalue weighted by Crippen LogP contribution is 2.57. The first-order chi connectivity index (χ1) is 9.69. The summed E-state index contributed by atoms with van der Waals surface area (Å²) in [6.07, 6.45) is 9.76. The fourth-order valence-corrected chi connectivity index (χ4v) is 5.34. The maximum atomic E-state index is 11.1. The van der Waals surface area contributed by atoms with Crippen LogP contribution in [0.5, 0.6) is 0 Å². The van der Waals surface area contributed by atoms with E-state index in [4.69, 9.17) is 5.11 Å². The predicted molar refractivity (Wildman–Crippen MR) is 75.4 cm³/mol. The second kappa shape index (κ2) is 4.57. The van der Waals surface area contributed by atoms with Gasteiger partial charge in [-0.05, 0) is 80.2 Å². The fraction of sp³-hybridized carbons (Fsp3) is 0.647. The molecule has 0 saturated heterocycles. The third-order valence-corrected chi connectivity index (χ3v) is 5.93. The second-order valence-corrected chi connectivity index (χ2v) is 7.14. The van der Waals surface area contributed by atoms with Crippen molar-refractivity contribution in [3.8, 4) is 0 Å². The standard InChI is InChI=1S/C17H21NO2/c19-17(20)12-1-2-18-15(8-12)9-16-13-4-10-3-11(6-13)7-14(16)5-10/h1-2,8,10-11,13-14,16H,3-7,9H2,(H,19,20). The van der Waals surface area contributed by atoms with Gasteiger partial charge in [0.25, 0.3) is 0 Å². The molecule has 20 heavy (non-hydrogen) atoms. The lowest BCUT2D eigenvalue weighted by atomic mass is 9.51. The predicted octanol–water partition coefficient (Wildman–Crippen LogP) is 3.39. The van der Waals surface area contributed by atoms with E-state index in [0.29, 0.717) is 5.56 Å². The summed E-state index contributed by atoms with van der Waals surface area (Å²) in [5.74, 6) is 3.64. The first-order valence-electron chi connectivity index (χ1n) is 7.87. The zero-order valence-corrected chi connectivity index (χ0v) is 11.7. The van der Waals surface area contributed by atoms with Crippen molar-refractivity contribution >= 4 is 5.97 Å². The van der Waals surface area contributed by atoms with Gasteiger partial charge in [-0.15, -0.1) is 0 Å². The number of carboxylic acid groups (broad SMARTS) is 1. The molecule has 0 unspecified atom stereocenters. The molecule has 4 saturated carbocycles. The zero-order chi connectivity index (χ0) is 13.7. The van der Waals surface area contributed by atoms with E-state index in [9.17, 15) is 4.79 Å². The number of rotatable bonds is 3. The summed E-state index contributed by atoms with van der Waals surface area (Å²) < 4.78 is 0. The van der Waals surface area contributed by atoms with E-state index < -0.39 is 5.97 Å². The number of aromatic nitrogens is 1. The van der Waals surface area contributed by atoms with E-state index in [0.717, 1.165) is 41.7 Å². The van der Waals surface area contributed by atoms with Crippen molar-refractivity contribution in [2.75, 3.05) is 0 Å². The minimum Gasteiger partial charge on any atom is -0.478 e. The minimum absolute atomic E-state index is 0.374. The van der Waals surface area contributed by atoms with Crippen LogP contribution < -0.4 is 0 Å². The van der Waals surface area contributed by atoms with Crippen LogP contribution in [0.25, 0.3) is 0 Å². The highest BCUT2D eigenvalue weighted by atomic mass is 16.4. The van der Waals surface area contributed by atoms with Crippen molar-refractivity contribution < 1.29 is 9.90 Å². The van der Waals surface area contributed by atoms with Gasteiger partial charge in [-0.1, -0.05) is 0 Å². The molecule has 0 aromatic carbocycles. The second-order valence-electron chi connectivity index (χ2n) is 7.14. The fourth-order valence-electron chi connectivity index (χ4n) is 5.34. The van der Waals surface area contributed by atoms with Crippen molar-refractivity contribution in [1.82, 2.24) is 4.98 Å². The molecule has 1 heterocycles. The van der Waals surface area contributed by atoms with Gasteiger partial charge >= 0.3 is 5.97 Å². The SMILES string of the molecule is O=C(O)c1ccnc(CC2C3CC4CC(C3)CC2C4)c1. The number of aromatic carboxylic acids is 1. The maximum absolute atomic E-state index is 11.1. The zero-order valence-electron chi connectivity index (χ0n) is 11.7. The maximum Gasteiger partial charge on any atom is 0.335 e. The van der Waals surface area contributed by atoms with E-state index >= 15 is 0 Å². The lowest BCUT2D eigenvalue weighted by Crippen LogP contribution is -2.45. The molecular formula is C17H21NO2. The van der Waals surface area contributed by atoms with Crippen molar-refractivity contribution in [2.24, 2.45) is 29.6 Å². The smallest absolute Gasteiger partial charge is 0.335 e. The molecule has 0 radical (unpaired) electrons. The Morgan fingerprint density at radius 2 is 1.80 bits per heavy atom. The first kappa shape index (κ1) is 12.4. The number of hydrogen-bond acceptors (Lipinski definition) is 2. The molecule has 0 aliphatic heterocycles. The normalized spacial score (nSPS) is 38.1. The largest absolute Gasteiger partial charge is 0.478 e. The molecular weight excluding hydrogens is 250 g/mol. The van der Waals surface area contributed by atoms with Gasteiger partial charge in [-0.3, -0.25) is 4.98 Å². The van der Waals surface area contributed by atoms with Gasteiger partial charge in [0.2, 0.25) is 0 Å². The third-order valence-electron chi connectivity index (χ3n) is 5.93. The van der Waals surface area contributed by atoms with Crippen molar-refractivity contribution in [3.05, 3.63) is 29.6 Å².